The fraction of sp³-hybridized carbons (Fsp3) is 0.615. The van der Waals surface area contributed by atoms with Gasteiger partial charge in [0.1, 0.15) is 11.9 Å². The Balaban J connectivity index is 1.94. The first-order valence-electron chi connectivity index (χ1n) is 6.56. The summed E-state index contributed by atoms with van der Waals surface area (Å²) >= 11 is 0. The number of rotatable bonds is 5. The van der Waals surface area contributed by atoms with Crippen molar-refractivity contribution in [3.05, 3.63) is 23.8 Å². The summed E-state index contributed by atoms with van der Waals surface area (Å²) in [7, 11) is 0. The molecule has 0 radical (unpaired) electrons. The maximum absolute atomic E-state index is 11.1. The summed E-state index contributed by atoms with van der Waals surface area (Å²) in [6, 6.07) is 0. The second-order valence-corrected chi connectivity index (χ2v) is 4.62. The summed E-state index contributed by atoms with van der Waals surface area (Å²) in [5.41, 5.74) is 0.770. The van der Waals surface area contributed by atoms with Gasteiger partial charge in [0.05, 0.1) is 11.8 Å². The van der Waals surface area contributed by atoms with E-state index in [1.54, 1.807) is 0 Å². The van der Waals surface area contributed by atoms with Gasteiger partial charge in [-0.3, -0.25) is 4.90 Å². The molecule has 0 aliphatic carbocycles. The third-order valence-electron chi connectivity index (χ3n) is 3.34. The number of carboxylic acids is 1. The Kier molecular flexibility index (Phi) is 4.81. The molecule has 1 N–H and O–H groups in total. The Labute approximate surface area is 112 Å². The van der Waals surface area contributed by atoms with E-state index in [0.29, 0.717) is 18.3 Å². The van der Waals surface area contributed by atoms with Gasteiger partial charge in [0.2, 0.25) is 0 Å². The molecule has 1 aliphatic heterocycles. The van der Waals surface area contributed by atoms with Crippen LogP contribution in [0, 0.1) is 0 Å². The maximum Gasteiger partial charge on any atom is 0.339 e. The number of piperidine rings is 1. The fourth-order valence-corrected chi connectivity index (χ4v) is 2.34. The van der Waals surface area contributed by atoms with Crippen molar-refractivity contribution in [1.29, 1.82) is 0 Å². The number of hydrogen-bond donors (Lipinski definition) is 1. The molecule has 104 valence electrons. The molecule has 19 heavy (non-hydrogen) atoms. The average Bonchev–Trinajstić information content (AvgIpc) is 2.42. The molecule has 0 amide bonds. The highest BCUT2D eigenvalue weighted by atomic mass is 16.5. The number of ether oxygens (including phenoxy) is 1. The third-order valence-corrected chi connectivity index (χ3v) is 3.34. The van der Waals surface area contributed by atoms with Crippen LogP contribution in [0.5, 0.6) is 0 Å². The Hall–Kier alpha value is -1.53. The zero-order valence-electron chi connectivity index (χ0n) is 11.1. The van der Waals surface area contributed by atoms with Gasteiger partial charge in [-0.05, 0) is 19.8 Å². The number of carboxylic acid groups (broad SMARTS) is 1. The highest BCUT2D eigenvalue weighted by Gasteiger charge is 2.21. The van der Waals surface area contributed by atoms with Crippen LogP contribution < -0.4 is 0 Å². The van der Waals surface area contributed by atoms with Crippen molar-refractivity contribution >= 4 is 5.97 Å². The van der Waals surface area contributed by atoms with Crippen molar-refractivity contribution in [3.8, 4) is 0 Å². The van der Waals surface area contributed by atoms with Crippen molar-refractivity contribution in [2.45, 2.75) is 32.4 Å². The van der Waals surface area contributed by atoms with Gasteiger partial charge in [0.25, 0.3) is 0 Å². The van der Waals surface area contributed by atoms with Crippen molar-refractivity contribution in [2.24, 2.45) is 0 Å². The number of hydrogen-bond acceptors (Lipinski definition) is 5. The molecule has 1 aliphatic rings. The van der Waals surface area contributed by atoms with Crippen molar-refractivity contribution < 1.29 is 14.6 Å². The van der Waals surface area contributed by atoms with Crippen LogP contribution in [0.15, 0.2) is 12.5 Å². The molecule has 1 saturated heterocycles. The molecule has 1 aromatic heterocycles. The summed E-state index contributed by atoms with van der Waals surface area (Å²) in [6.45, 7) is 5.14. The van der Waals surface area contributed by atoms with E-state index in [1.807, 2.05) is 6.92 Å². The first kappa shape index (κ1) is 13.9. The van der Waals surface area contributed by atoms with E-state index >= 15 is 0 Å². The minimum atomic E-state index is -0.972. The van der Waals surface area contributed by atoms with Crippen molar-refractivity contribution in [3.63, 3.8) is 0 Å². The van der Waals surface area contributed by atoms with E-state index < -0.39 is 5.97 Å². The molecule has 0 atom stereocenters. The van der Waals surface area contributed by atoms with Gasteiger partial charge in [0.15, 0.2) is 0 Å². The van der Waals surface area contributed by atoms with Gasteiger partial charge < -0.3 is 9.84 Å². The van der Waals surface area contributed by atoms with Crippen LogP contribution >= 0.6 is 0 Å². The number of aromatic nitrogens is 2. The average molecular weight is 265 g/mol. The minimum absolute atomic E-state index is 0.189. The first-order valence-corrected chi connectivity index (χ1v) is 6.56. The maximum atomic E-state index is 11.1. The number of likely N-dealkylation sites (tertiary alicyclic amines) is 1. The molecule has 0 unspecified atom stereocenters. The molecule has 0 spiro atoms. The van der Waals surface area contributed by atoms with Crippen LogP contribution in [0.3, 0.4) is 0 Å². The first-order chi connectivity index (χ1) is 9.20. The van der Waals surface area contributed by atoms with E-state index in [1.165, 1.54) is 12.5 Å². The fourth-order valence-electron chi connectivity index (χ4n) is 2.34. The summed E-state index contributed by atoms with van der Waals surface area (Å²) in [5.74, 6) is -0.972. The summed E-state index contributed by atoms with van der Waals surface area (Å²) in [6.07, 6.45) is 5.07. The monoisotopic (exact) mass is 265 g/mol. The van der Waals surface area contributed by atoms with E-state index in [0.717, 1.165) is 32.5 Å². The van der Waals surface area contributed by atoms with E-state index in [2.05, 4.69) is 14.9 Å². The highest BCUT2D eigenvalue weighted by Crippen LogP contribution is 2.16. The normalized spacial score (nSPS) is 17.5. The molecule has 1 aromatic rings. The SMILES string of the molecule is CCOC1CCN(Cc2ncncc2C(=O)O)CC1. The second kappa shape index (κ2) is 6.58. The lowest BCUT2D eigenvalue weighted by Crippen LogP contribution is -2.37. The highest BCUT2D eigenvalue weighted by molar-refractivity contribution is 5.88. The molecular weight excluding hydrogens is 246 g/mol. The van der Waals surface area contributed by atoms with Crippen LogP contribution in [0.25, 0.3) is 0 Å². The second-order valence-electron chi connectivity index (χ2n) is 4.62. The van der Waals surface area contributed by atoms with E-state index in [9.17, 15) is 4.79 Å². The van der Waals surface area contributed by atoms with Gasteiger partial charge in [0, 0.05) is 32.4 Å². The summed E-state index contributed by atoms with van der Waals surface area (Å²) in [4.78, 5) is 21.1. The van der Waals surface area contributed by atoms with Crippen LogP contribution in [0.4, 0.5) is 0 Å². The Bertz CT molecular complexity index is 431. The van der Waals surface area contributed by atoms with Crippen LogP contribution in [0.2, 0.25) is 0 Å². The Morgan fingerprint density at radius 2 is 2.26 bits per heavy atom. The Morgan fingerprint density at radius 3 is 2.89 bits per heavy atom. The van der Waals surface area contributed by atoms with Crippen LogP contribution in [-0.2, 0) is 11.3 Å². The van der Waals surface area contributed by atoms with Gasteiger partial charge >= 0.3 is 5.97 Å². The molecule has 1 fully saturated rings. The standard InChI is InChI=1S/C13H19N3O3/c1-2-19-10-3-5-16(6-4-10)8-12-11(13(17)18)7-14-9-15-12/h7,9-10H,2-6,8H2,1H3,(H,17,18). The predicted octanol–water partition coefficient (Wildman–Crippen LogP) is 1.18. The van der Waals surface area contributed by atoms with Crippen LogP contribution in [-0.4, -0.2) is 51.7 Å². The van der Waals surface area contributed by atoms with Gasteiger partial charge in [-0.2, -0.15) is 0 Å². The van der Waals surface area contributed by atoms with E-state index in [4.69, 9.17) is 9.84 Å². The van der Waals surface area contributed by atoms with Crippen molar-refractivity contribution in [2.75, 3.05) is 19.7 Å². The molecule has 0 saturated carbocycles. The topological polar surface area (TPSA) is 75.5 Å². The van der Waals surface area contributed by atoms with Crippen molar-refractivity contribution in [1.82, 2.24) is 14.9 Å². The lowest BCUT2D eigenvalue weighted by atomic mass is 10.1. The van der Waals surface area contributed by atoms with Gasteiger partial charge in [-0.1, -0.05) is 0 Å². The molecule has 6 nitrogen and oxygen atoms in total. The molecule has 2 heterocycles. The zero-order valence-corrected chi connectivity index (χ0v) is 11.1. The smallest absolute Gasteiger partial charge is 0.339 e. The molecular formula is C13H19N3O3. The molecule has 6 heteroatoms. The predicted molar refractivity (Wildman–Crippen MR) is 68.9 cm³/mol. The third kappa shape index (κ3) is 3.71. The summed E-state index contributed by atoms with van der Waals surface area (Å²) < 4.78 is 5.60. The number of carbonyl (C=O) groups is 1. The summed E-state index contributed by atoms with van der Waals surface area (Å²) in [5, 5.41) is 9.09. The van der Waals surface area contributed by atoms with E-state index in [-0.39, 0.29) is 5.56 Å². The molecule has 0 bridgehead atoms. The quantitative estimate of drug-likeness (QED) is 0.861. The molecule has 0 aromatic carbocycles. The number of nitrogens with zero attached hydrogens (tertiary/aromatic N) is 3. The Morgan fingerprint density at radius 1 is 1.53 bits per heavy atom. The largest absolute Gasteiger partial charge is 0.478 e. The lowest BCUT2D eigenvalue weighted by molar-refractivity contribution is 0.0121. The lowest BCUT2D eigenvalue weighted by Gasteiger charge is -2.31. The van der Waals surface area contributed by atoms with Gasteiger partial charge in [-0.25, -0.2) is 14.8 Å². The number of aromatic carboxylic acids is 1. The minimum Gasteiger partial charge on any atom is -0.478 e. The zero-order chi connectivity index (χ0) is 13.7. The van der Waals surface area contributed by atoms with Crippen LogP contribution in [0.1, 0.15) is 35.8 Å². The molecule has 2 rings (SSSR count). The van der Waals surface area contributed by atoms with Gasteiger partial charge in [-0.15, -0.1) is 0 Å².